The molecule has 0 amide bonds. The molecule has 1 aromatic heterocycles. The van der Waals surface area contributed by atoms with E-state index in [1.165, 1.54) is 19.0 Å². The van der Waals surface area contributed by atoms with Crippen LogP contribution in [0.3, 0.4) is 0 Å². The molecule has 1 aromatic rings. The largest absolute Gasteiger partial charge is 0.481 e. The van der Waals surface area contributed by atoms with Crippen LogP contribution in [0.2, 0.25) is 0 Å². The molecule has 0 atom stereocenters. The summed E-state index contributed by atoms with van der Waals surface area (Å²) in [6, 6.07) is 0. The van der Waals surface area contributed by atoms with Crippen LogP contribution in [0.5, 0.6) is 0 Å². The van der Waals surface area contributed by atoms with E-state index in [0.29, 0.717) is 11.6 Å². The lowest BCUT2D eigenvalue weighted by atomic mass is 10.3. The average molecular weight is 181 g/mol. The fourth-order valence-corrected chi connectivity index (χ4v) is 1.27. The molecule has 2 rings (SSSR count). The summed E-state index contributed by atoms with van der Waals surface area (Å²) >= 11 is 0. The van der Waals surface area contributed by atoms with E-state index in [1.807, 2.05) is 0 Å². The van der Waals surface area contributed by atoms with Crippen molar-refractivity contribution < 1.29 is 9.90 Å². The van der Waals surface area contributed by atoms with Gasteiger partial charge in [-0.1, -0.05) is 5.21 Å². The quantitative estimate of drug-likeness (QED) is 0.726. The molecule has 0 aromatic carbocycles. The molecule has 0 spiro atoms. The summed E-state index contributed by atoms with van der Waals surface area (Å²) in [5, 5.41) is 16.1. The number of carboxylic acids is 1. The van der Waals surface area contributed by atoms with Gasteiger partial charge in [0.2, 0.25) is 0 Å². The zero-order valence-electron chi connectivity index (χ0n) is 7.18. The Bertz CT molecular complexity index is 317. The Morgan fingerprint density at radius 3 is 3.08 bits per heavy atom. The molecule has 13 heavy (non-hydrogen) atoms. The second-order valence-electron chi connectivity index (χ2n) is 3.42. The highest BCUT2D eigenvalue weighted by Gasteiger charge is 2.23. The van der Waals surface area contributed by atoms with E-state index in [-0.39, 0.29) is 6.42 Å². The van der Waals surface area contributed by atoms with Gasteiger partial charge in [-0.05, 0) is 18.8 Å². The molecule has 0 aliphatic heterocycles. The number of carboxylic acid groups (broad SMARTS) is 1. The van der Waals surface area contributed by atoms with Crippen LogP contribution >= 0.6 is 0 Å². The molecule has 70 valence electrons. The van der Waals surface area contributed by atoms with E-state index < -0.39 is 5.97 Å². The fourth-order valence-electron chi connectivity index (χ4n) is 1.27. The minimum absolute atomic E-state index is 0.0136. The van der Waals surface area contributed by atoms with E-state index in [0.717, 1.165) is 6.54 Å². The van der Waals surface area contributed by atoms with Crippen molar-refractivity contribution in [1.82, 2.24) is 15.0 Å². The standard InChI is InChI=1S/C8H11N3O2/c12-8(13)3-7-4-9-10-11(7)5-6-1-2-6/h4,6H,1-3,5H2,(H,12,13). The molecule has 1 saturated carbocycles. The molecule has 5 heteroatoms. The molecule has 0 saturated heterocycles. The van der Waals surface area contributed by atoms with Crippen LogP contribution in [0.25, 0.3) is 0 Å². The summed E-state index contributed by atoms with van der Waals surface area (Å²) in [6.45, 7) is 0.822. The Morgan fingerprint density at radius 1 is 1.69 bits per heavy atom. The molecule has 1 aliphatic carbocycles. The molecule has 1 N–H and O–H groups in total. The minimum Gasteiger partial charge on any atom is -0.481 e. The van der Waals surface area contributed by atoms with Gasteiger partial charge in [0, 0.05) is 6.54 Å². The van der Waals surface area contributed by atoms with E-state index in [1.54, 1.807) is 4.68 Å². The highest BCUT2D eigenvalue weighted by Crippen LogP contribution is 2.30. The first-order valence-electron chi connectivity index (χ1n) is 4.35. The first kappa shape index (κ1) is 8.22. The van der Waals surface area contributed by atoms with Crippen LogP contribution in [-0.4, -0.2) is 26.1 Å². The number of aromatic nitrogens is 3. The maximum atomic E-state index is 10.5. The third kappa shape index (κ3) is 2.05. The summed E-state index contributed by atoms with van der Waals surface area (Å²) in [6.07, 6.45) is 4.00. The van der Waals surface area contributed by atoms with Crippen molar-refractivity contribution in [2.24, 2.45) is 5.92 Å². The van der Waals surface area contributed by atoms with Gasteiger partial charge in [0.25, 0.3) is 0 Å². The summed E-state index contributed by atoms with van der Waals surface area (Å²) < 4.78 is 1.70. The molecule has 5 nitrogen and oxygen atoms in total. The fraction of sp³-hybridized carbons (Fsp3) is 0.625. The van der Waals surface area contributed by atoms with Crippen LogP contribution in [0.1, 0.15) is 18.5 Å². The Kier molecular flexibility index (Phi) is 2.00. The van der Waals surface area contributed by atoms with Crippen molar-refractivity contribution in [3.63, 3.8) is 0 Å². The number of rotatable bonds is 4. The number of aliphatic carboxylic acids is 1. The van der Waals surface area contributed by atoms with Crippen molar-refractivity contribution >= 4 is 5.97 Å². The van der Waals surface area contributed by atoms with Gasteiger partial charge in [0.15, 0.2) is 0 Å². The highest BCUT2D eigenvalue weighted by atomic mass is 16.4. The van der Waals surface area contributed by atoms with Crippen molar-refractivity contribution in [3.8, 4) is 0 Å². The van der Waals surface area contributed by atoms with E-state index in [9.17, 15) is 4.79 Å². The summed E-state index contributed by atoms with van der Waals surface area (Å²) in [5.41, 5.74) is 0.694. The summed E-state index contributed by atoms with van der Waals surface area (Å²) in [4.78, 5) is 10.5. The Balaban J connectivity index is 2.05. The second-order valence-corrected chi connectivity index (χ2v) is 3.42. The third-order valence-corrected chi connectivity index (χ3v) is 2.16. The molecule has 1 aliphatic rings. The molecule has 1 fully saturated rings. The number of nitrogens with zero attached hydrogens (tertiary/aromatic N) is 3. The maximum absolute atomic E-state index is 10.5. The van der Waals surface area contributed by atoms with Crippen molar-refractivity contribution in [2.45, 2.75) is 25.8 Å². The molecule has 1 heterocycles. The first-order chi connectivity index (χ1) is 6.25. The highest BCUT2D eigenvalue weighted by molar-refractivity contribution is 5.69. The Morgan fingerprint density at radius 2 is 2.46 bits per heavy atom. The third-order valence-electron chi connectivity index (χ3n) is 2.16. The van der Waals surface area contributed by atoms with Gasteiger partial charge in [0.05, 0.1) is 18.3 Å². The van der Waals surface area contributed by atoms with E-state index in [2.05, 4.69) is 10.3 Å². The summed E-state index contributed by atoms with van der Waals surface area (Å²) in [5.74, 6) is -0.145. The topological polar surface area (TPSA) is 68.0 Å². The van der Waals surface area contributed by atoms with Gasteiger partial charge in [0.1, 0.15) is 0 Å². The SMILES string of the molecule is O=C(O)Cc1cnnn1CC1CC1. The zero-order chi connectivity index (χ0) is 9.26. The smallest absolute Gasteiger partial charge is 0.309 e. The van der Waals surface area contributed by atoms with Crippen molar-refractivity contribution in [2.75, 3.05) is 0 Å². The van der Waals surface area contributed by atoms with Crippen LogP contribution < -0.4 is 0 Å². The Labute approximate surface area is 75.4 Å². The number of hydrogen-bond acceptors (Lipinski definition) is 3. The van der Waals surface area contributed by atoms with Gasteiger partial charge >= 0.3 is 5.97 Å². The predicted octanol–water partition coefficient (Wildman–Crippen LogP) is 0.315. The number of carbonyl (C=O) groups is 1. The molecular weight excluding hydrogens is 170 g/mol. The van der Waals surface area contributed by atoms with Crippen molar-refractivity contribution in [3.05, 3.63) is 11.9 Å². The average Bonchev–Trinajstić information content (AvgIpc) is 2.75. The van der Waals surface area contributed by atoms with Crippen LogP contribution in [0, 0.1) is 5.92 Å². The van der Waals surface area contributed by atoms with Gasteiger partial charge in [-0.3, -0.25) is 4.79 Å². The monoisotopic (exact) mass is 181 g/mol. The molecule has 0 bridgehead atoms. The molecule has 0 radical (unpaired) electrons. The molecular formula is C8H11N3O2. The minimum atomic E-state index is -0.834. The van der Waals surface area contributed by atoms with Gasteiger partial charge in [-0.15, -0.1) is 5.10 Å². The lowest BCUT2D eigenvalue weighted by Crippen LogP contribution is -2.10. The van der Waals surface area contributed by atoms with Gasteiger partial charge in [-0.2, -0.15) is 0 Å². The van der Waals surface area contributed by atoms with Crippen LogP contribution in [0.4, 0.5) is 0 Å². The predicted molar refractivity (Wildman–Crippen MR) is 44.1 cm³/mol. The lowest BCUT2D eigenvalue weighted by Gasteiger charge is -2.01. The lowest BCUT2D eigenvalue weighted by molar-refractivity contribution is -0.136. The second kappa shape index (κ2) is 3.16. The summed E-state index contributed by atoms with van der Waals surface area (Å²) in [7, 11) is 0. The van der Waals surface area contributed by atoms with E-state index >= 15 is 0 Å². The molecule has 0 unspecified atom stereocenters. The normalized spacial score (nSPS) is 16.0. The Hall–Kier alpha value is -1.39. The zero-order valence-corrected chi connectivity index (χ0v) is 7.18. The van der Waals surface area contributed by atoms with Gasteiger partial charge < -0.3 is 5.11 Å². The maximum Gasteiger partial charge on any atom is 0.309 e. The number of hydrogen-bond donors (Lipinski definition) is 1. The van der Waals surface area contributed by atoms with Gasteiger partial charge in [-0.25, -0.2) is 4.68 Å². The van der Waals surface area contributed by atoms with Crippen molar-refractivity contribution in [1.29, 1.82) is 0 Å². The van der Waals surface area contributed by atoms with Crippen LogP contribution in [0.15, 0.2) is 6.20 Å². The first-order valence-corrected chi connectivity index (χ1v) is 4.35. The van der Waals surface area contributed by atoms with E-state index in [4.69, 9.17) is 5.11 Å². The van der Waals surface area contributed by atoms with Crippen LogP contribution in [-0.2, 0) is 17.8 Å².